The maximum absolute atomic E-state index is 11.8. The van der Waals surface area contributed by atoms with Gasteiger partial charge in [-0.05, 0) is 24.6 Å². The first kappa shape index (κ1) is 13.1. The van der Waals surface area contributed by atoms with Crippen LogP contribution in [0.15, 0.2) is 47.7 Å². The predicted molar refractivity (Wildman–Crippen MR) is 76.7 cm³/mol. The van der Waals surface area contributed by atoms with Gasteiger partial charge in [-0.1, -0.05) is 6.07 Å². The van der Waals surface area contributed by atoms with Crippen LogP contribution in [-0.4, -0.2) is 25.0 Å². The molecule has 6 nitrogen and oxygen atoms in total. The third-order valence-electron chi connectivity index (χ3n) is 3.21. The number of carboxylic acids is 1. The Morgan fingerprint density at radius 3 is 2.76 bits per heavy atom. The summed E-state index contributed by atoms with van der Waals surface area (Å²) >= 11 is 0. The minimum absolute atomic E-state index is 0.0780. The maximum Gasteiger partial charge on any atom is 0.337 e. The van der Waals surface area contributed by atoms with E-state index < -0.39 is 5.97 Å². The molecule has 0 spiro atoms. The van der Waals surface area contributed by atoms with Crippen molar-refractivity contribution in [1.82, 2.24) is 14.0 Å². The number of fused-ring (bicyclic) bond motifs is 1. The third kappa shape index (κ3) is 2.55. The van der Waals surface area contributed by atoms with Crippen molar-refractivity contribution in [2.75, 3.05) is 0 Å². The van der Waals surface area contributed by atoms with Crippen LogP contribution in [0.25, 0.3) is 5.65 Å². The molecular weight excluding hydrogens is 270 g/mol. The second-order valence-electron chi connectivity index (χ2n) is 4.89. The fraction of sp³-hybridized carbons (Fsp3) is 0.133. The summed E-state index contributed by atoms with van der Waals surface area (Å²) in [6, 6.07) is 6.41. The van der Waals surface area contributed by atoms with E-state index in [0.717, 1.165) is 11.2 Å². The highest BCUT2D eigenvalue weighted by Gasteiger charge is 2.08. The van der Waals surface area contributed by atoms with Crippen molar-refractivity contribution in [2.45, 2.75) is 13.5 Å². The second kappa shape index (κ2) is 4.90. The van der Waals surface area contributed by atoms with Gasteiger partial charge in [0.1, 0.15) is 5.65 Å². The van der Waals surface area contributed by atoms with Crippen LogP contribution < -0.4 is 5.56 Å². The summed E-state index contributed by atoms with van der Waals surface area (Å²) in [5.41, 5.74) is 2.42. The van der Waals surface area contributed by atoms with Gasteiger partial charge in [-0.3, -0.25) is 4.79 Å². The van der Waals surface area contributed by atoms with Gasteiger partial charge >= 0.3 is 5.97 Å². The Morgan fingerprint density at radius 2 is 2.00 bits per heavy atom. The summed E-state index contributed by atoms with van der Waals surface area (Å²) in [7, 11) is 0. The third-order valence-corrected chi connectivity index (χ3v) is 3.21. The van der Waals surface area contributed by atoms with Crippen LogP contribution in [-0.2, 0) is 6.54 Å². The Balaban J connectivity index is 2.00. The molecule has 21 heavy (non-hydrogen) atoms. The molecule has 0 radical (unpaired) electrons. The van der Waals surface area contributed by atoms with Crippen molar-refractivity contribution in [3.8, 4) is 0 Å². The molecule has 0 aromatic carbocycles. The average molecular weight is 283 g/mol. The number of carbonyl (C=O) groups is 1. The number of aromatic carboxylic acids is 1. The van der Waals surface area contributed by atoms with E-state index in [1.165, 1.54) is 22.9 Å². The van der Waals surface area contributed by atoms with Crippen LogP contribution in [0.4, 0.5) is 0 Å². The van der Waals surface area contributed by atoms with Gasteiger partial charge in [-0.25, -0.2) is 9.78 Å². The Hall–Kier alpha value is -2.89. The summed E-state index contributed by atoms with van der Waals surface area (Å²) in [5, 5.41) is 8.98. The molecular formula is C15H13N3O3. The monoisotopic (exact) mass is 283 g/mol. The number of aryl methyl sites for hydroxylation is 1. The van der Waals surface area contributed by atoms with Gasteiger partial charge in [0.25, 0.3) is 5.56 Å². The van der Waals surface area contributed by atoms with Gasteiger partial charge < -0.3 is 14.1 Å². The fourth-order valence-electron chi connectivity index (χ4n) is 2.19. The molecule has 0 bridgehead atoms. The van der Waals surface area contributed by atoms with Crippen LogP contribution in [0.5, 0.6) is 0 Å². The summed E-state index contributed by atoms with van der Waals surface area (Å²) in [4.78, 5) is 27.2. The molecule has 6 heteroatoms. The van der Waals surface area contributed by atoms with Gasteiger partial charge in [-0.2, -0.15) is 0 Å². The van der Waals surface area contributed by atoms with E-state index in [4.69, 9.17) is 5.11 Å². The van der Waals surface area contributed by atoms with Crippen molar-refractivity contribution in [3.05, 3.63) is 70.0 Å². The lowest BCUT2D eigenvalue weighted by molar-refractivity contribution is 0.0696. The first-order valence-electron chi connectivity index (χ1n) is 6.41. The van der Waals surface area contributed by atoms with Gasteiger partial charge in [0.15, 0.2) is 0 Å². The standard InChI is InChI=1S/C15H13N3O3/c1-10-2-4-13-16-12(8-17(13)6-10)9-18-7-11(15(20)21)3-5-14(18)19/h2-8H,9H2,1H3,(H,20,21). The van der Waals surface area contributed by atoms with Crippen LogP contribution in [0.1, 0.15) is 21.6 Å². The number of carboxylic acid groups (broad SMARTS) is 1. The molecule has 1 N–H and O–H groups in total. The first-order chi connectivity index (χ1) is 10.0. The molecule has 0 aliphatic heterocycles. The summed E-state index contributed by atoms with van der Waals surface area (Å²) in [6.45, 7) is 2.22. The maximum atomic E-state index is 11.8. The SMILES string of the molecule is Cc1ccc2nc(Cn3cc(C(=O)O)ccc3=O)cn2c1. The van der Waals surface area contributed by atoms with Gasteiger partial charge in [0, 0.05) is 24.7 Å². The van der Waals surface area contributed by atoms with Crippen molar-refractivity contribution in [2.24, 2.45) is 0 Å². The highest BCUT2D eigenvalue weighted by atomic mass is 16.4. The van der Waals surface area contributed by atoms with E-state index in [-0.39, 0.29) is 17.7 Å². The molecule has 0 amide bonds. The predicted octanol–water partition coefficient (Wildman–Crippen LogP) is 1.55. The molecule has 0 fully saturated rings. The minimum Gasteiger partial charge on any atom is -0.478 e. The number of hydrogen-bond donors (Lipinski definition) is 1. The number of aromatic nitrogens is 3. The molecule has 0 aliphatic rings. The normalized spacial score (nSPS) is 10.9. The largest absolute Gasteiger partial charge is 0.478 e. The van der Waals surface area contributed by atoms with E-state index in [2.05, 4.69) is 4.98 Å². The lowest BCUT2D eigenvalue weighted by atomic mass is 10.3. The zero-order valence-corrected chi connectivity index (χ0v) is 11.4. The molecule has 3 aromatic heterocycles. The quantitative estimate of drug-likeness (QED) is 0.791. The van der Waals surface area contributed by atoms with Crippen molar-refractivity contribution in [1.29, 1.82) is 0 Å². The van der Waals surface area contributed by atoms with E-state index in [0.29, 0.717) is 5.69 Å². The zero-order chi connectivity index (χ0) is 15.0. The number of imidazole rings is 1. The van der Waals surface area contributed by atoms with Crippen molar-refractivity contribution >= 4 is 11.6 Å². The summed E-state index contributed by atoms with van der Waals surface area (Å²) in [6.07, 6.45) is 5.12. The first-order valence-corrected chi connectivity index (χ1v) is 6.41. The van der Waals surface area contributed by atoms with E-state index >= 15 is 0 Å². The average Bonchev–Trinajstić information content (AvgIpc) is 2.82. The molecule has 0 saturated carbocycles. The van der Waals surface area contributed by atoms with Crippen molar-refractivity contribution in [3.63, 3.8) is 0 Å². The number of rotatable bonds is 3. The van der Waals surface area contributed by atoms with Gasteiger partial charge in [0.05, 0.1) is 17.8 Å². The van der Waals surface area contributed by atoms with Crippen LogP contribution in [0.3, 0.4) is 0 Å². The second-order valence-corrected chi connectivity index (χ2v) is 4.89. The molecule has 106 valence electrons. The lowest BCUT2D eigenvalue weighted by Gasteiger charge is -2.03. The lowest BCUT2D eigenvalue weighted by Crippen LogP contribution is -2.20. The molecule has 0 aliphatic carbocycles. The minimum atomic E-state index is -1.06. The van der Waals surface area contributed by atoms with E-state index in [9.17, 15) is 9.59 Å². The zero-order valence-electron chi connectivity index (χ0n) is 11.4. The molecule has 0 unspecified atom stereocenters. The Bertz CT molecular complexity index is 893. The van der Waals surface area contributed by atoms with Gasteiger partial charge in [-0.15, -0.1) is 0 Å². The highest BCUT2D eigenvalue weighted by molar-refractivity contribution is 5.87. The van der Waals surface area contributed by atoms with Gasteiger partial charge in [0.2, 0.25) is 0 Å². The number of hydrogen-bond acceptors (Lipinski definition) is 3. The fourth-order valence-corrected chi connectivity index (χ4v) is 2.19. The molecule has 3 rings (SSSR count). The molecule has 0 saturated heterocycles. The van der Waals surface area contributed by atoms with Crippen LogP contribution in [0.2, 0.25) is 0 Å². The number of pyridine rings is 2. The van der Waals surface area contributed by atoms with Crippen LogP contribution >= 0.6 is 0 Å². The number of nitrogens with zero attached hydrogens (tertiary/aromatic N) is 3. The Morgan fingerprint density at radius 1 is 1.19 bits per heavy atom. The van der Waals surface area contributed by atoms with Crippen LogP contribution in [0, 0.1) is 6.92 Å². The highest BCUT2D eigenvalue weighted by Crippen LogP contribution is 2.08. The molecule has 0 atom stereocenters. The molecule has 3 aromatic rings. The smallest absolute Gasteiger partial charge is 0.337 e. The van der Waals surface area contributed by atoms with E-state index in [1.54, 1.807) is 0 Å². The molecule has 3 heterocycles. The summed E-state index contributed by atoms with van der Waals surface area (Å²) in [5.74, 6) is -1.06. The summed E-state index contributed by atoms with van der Waals surface area (Å²) < 4.78 is 3.23. The van der Waals surface area contributed by atoms with E-state index in [1.807, 2.05) is 35.9 Å². The Labute approximate surface area is 119 Å². The Kier molecular flexibility index (Phi) is 3.06. The van der Waals surface area contributed by atoms with Crippen molar-refractivity contribution < 1.29 is 9.90 Å². The topological polar surface area (TPSA) is 76.6 Å².